The fraction of sp³-hybridized carbons (Fsp3) is 0.176. The molecule has 0 saturated heterocycles. The third kappa shape index (κ3) is 3.98. The molecular weight excluding hydrogens is 390 g/mol. The maximum absolute atomic E-state index is 13.1. The highest BCUT2D eigenvalue weighted by Gasteiger charge is 2.34. The van der Waals surface area contributed by atoms with Crippen LogP contribution in [-0.4, -0.2) is 44.2 Å². The van der Waals surface area contributed by atoms with Crippen LogP contribution in [0.15, 0.2) is 42.6 Å². The predicted octanol–water partition coefficient (Wildman–Crippen LogP) is 1.24. The second kappa shape index (κ2) is 7.30. The monoisotopic (exact) mass is 403 g/mol. The standard InChI is InChI=1S/C17H13BF3N5O3/c19-17(20,21)8-13-15(24-25-26(13)14-3-1-2-6-22-14)16(27)23-11-5-4-10-9-29-18(28)12(10)7-11/h1-7,28H,8-9H2,(H,23,27). The number of amides is 1. The average molecular weight is 403 g/mol. The van der Waals surface area contributed by atoms with Crippen LogP contribution in [0, 0.1) is 0 Å². The van der Waals surface area contributed by atoms with Gasteiger partial charge >= 0.3 is 13.3 Å². The summed E-state index contributed by atoms with van der Waals surface area (Å²) >= 11 is 0. The van der Waals surface area contributed by atoms with Gasteiger partial charge in [-0.3, -0.25) is 4.79 Å². The van der Waals surface area contributed by atoms with E-state index in [4.69, 9.17) is 4.65 Å². The molecular formula is C17H13BF3N5O3. The molecule has 3 heterocycles. The lowest BCUT2D eigenvalue weighted by Crippen LogP contribution is -2.28. The van der Waals surface area contributed by atoms with E-state index in [1.165, 1.54) is 18.3 Å². The van der Waals surface area contributed by atoms with E-state index in [1.807, 2.05) is 0 Å². The van der Waals surface area contributed by atoms with Crippen molar-refractivity contribution in [2.45, 2.75) is 19.2 Å². The smallest absolute Gasteiger partial charge is 0.423 e. The lowest BCUT2D eigenvalue weighted by atomic mass is 9.79. The van der Waals surface area contributed by atoms with Crippen LogP contribution in [0.1, 0.15) is 21.7 Å². The first-order valence-corrected chi connectivity index (χ1v) is 8.48. The molecule has 0 bridgehead atoms. The maximum atomic E-state index is 13.1. The molecule has 0 atom stereocenters. The van der Waals surface area contributed by atoms with Crippen molar-refractivity contribution in [1.82, 2.24) is 20.0 Å². The van der Waals surface area contributed by atoms with Crippen molar-refractivity contribution in [1.29, 1.82) is 0 Å². The highest BCUT2D eigenvalue weighted by Crippen LogP contribution is 2.25. The van der Waals surface area contributed by atoms with E-state index in [1.54, 1.807) is 24.3 Å². The molecule has 1 aromatic carbocycles. The number of hydrogen-bond acceptors (Lipinski definition) is 6. The van der Waals surface area contributed by atoms with Crippen molar-refractivity contribution in [2.24, 2.45) is 0 Å². The van der Waals surface area contributed by atoms with Crippen LogP contribution in [0.3, 0.4) is 0 Å². The number of alkyl halides is 3. The van der Waals surface area contributed by atoms with Crippen LogP contribution in [0.5, 0.6) is 0 Å². The van der Waals surface area contributed by atoms with Crippen molar-refractivity contribution in [2.75, 3.05) is 5.32 Å². The molecule has 4 rings (SSSR count). The van der Waals surface area contributed by atoms with Crippen LogP contribution in [0.25, 0.3) is 5.82 Å². The molecule has 1 aliphatic heterocycles. The Morgan fingerprint density at radius 1 is 1.31 bits per heavy atom. The number of benzene rings is 1. The van der Waals surface area contributed by atoms with Crippen LogP contribution >= 0.6 is 0 Å². The van der Waals surface area contributed by atoms with Gasteiger partial charge in [-0.15, -0.1) is 5.10 Å². The zero-order chi connectivity index (χ0) is 20.6. The number of hydrogen-bond donors (Lipinski definition) is 2. The summed E-state index contributed by atoms with van der Waals surface area (Å²) in [6.07, 6.45) is -4.60. The van der Waals surface area contributed by atoms with E-state index < -0.39 is 37.0 Å². The molecule has 1 amide bonds. The molecule has 0 fully saturated rings. The Morgan fingerprint density at radius 2 is 2.14 bits per heavy atom. The molecule has 29 heavy (non-hydrogen) atoms. The summed E-state index contributed by atoms with van der Waals surface area (Å²) < 4.78 is 45.3. The SMILES string of the molecule is O=C(Nc1ccc2c(c1)B(O)OC2)c1nnn(-c2ccccn2)c1CC(F)(F)F. The van der Waals surface area contributed by atoms with Crippen molar-refractivity contribution < 1.29 is 27.6 Å². The minimum Gasteiger partial charge on any atom is -0.423 e. The quantitative estimate of drug-likeness (QED) is 0.636. The number of carbonyl (C=O) groups is 1. The van der Waals surface area contributed by atoms with Crippen molar-refractivity contribution in [3.8, 4) is 5.82 Å². The van der Waals surface area contributed by atoms with Gasteiger partial charge in [-0.25, -0.2) is 4.98 Å². The van der Waals surface area contributed by atoms with Crippen LogP contribution < -0.4 is 10.8 Å². The number of fused-ring (bicyclic) bond motifs is 1. The first kappa shape index (κ1) is 19.1. The largest absolute Gasteiger partial charge is 0.491 e. The molecule has 0 spiro atoms. The first-order valence-electron chi connectivity index (χ1n) is 8.48. The molecule has 1 aliphatic rings. The Labute approximate surface area is 162 Å². The van der Waals surface area contributed by atoms with Gasteiger partial charge in [0.15, 0.2) is 11.5 Å². The Balaban J connectivity index is 1.66. The number of carbonyl (C=O) groups excluding carboxylic acids is 1. The molecule has 2 aromatic heterocycles. The Bertz CT molecular complexity index is 1060. The highest BCUT2D eigenvalue weighted by atomic mass is 19.4. The second-order valence-electron chi connectivity index (χ2n) is 6.31. The van der Waals surface area contributed by atoms with E-state index in [0.29, 0.717) is 5.46 Å². The number of aromatic nitrogens is 4. The topological polar surface area (TPSA) is 102 Å². The van der Waals surface area contributed by atoms with Gasteiger partial charge in [-0.05, 0) is 35.3 Å². The summed E-state index contributed by atoms with van der Waals surface area (Å²) in [5.74, 6) is -0.754. The summed E-state index contributed by atoms with van der Waals surface area (Å²) in [6.45, 7) is 0.235. The number of nitrogens with zero attached hydrogens (tertiary/aromatic N) is 4. The molecule has 0 aliphatic carbocycles. The number of anilines is 1. The summed E-state index contributed by atoms with van der Waals surface area (Å²) in [5.41, 5.74) is 0.622. The van der Waals surface area contributed by atoms with E-state index in [2.05, 4.69) is 20.6 Å². The minimum atomic E-state index is -4.59. The average Bonchev–Trinajstić information content (AvgIpc) is 3.25. The summed E-state index contributed by atoms with van der Waals surface area (Å²) in [7, 11) is -1.12. The van der Waals surface area contributed by atoms with Crippen molar-refractivity contribution >= 4 is 24.2 Å². The molecule has 0 unspecified atom stereocenters. The van der Waals surface area contributed by atoms with Gasteiger partial charge in [-0.1, -0.05) is 17.3 Å². The van der Waals surface area contributed by atoms with Crippen LogP contribution in [-0.2, 0) is 17.7 Å². The fourth-order valence-corrected chi connectivity index (χ4v) is 2.97. The molecule has 148 valence electrons. The van der Waals surface area contributed by atoms with E-state index in [0.717, 1.165) is 10.2 Å². The molecule has 8 nitrogen and oxygen atoms in total. The van der Waals surface area contributed by atoms with E-state index in [9.17, 15) is 23.0 Å². The first-order chi connectivity index (χ1) is 13.8. The molecule has 12 heteroatoms. The van der Waals surface area contributed by atoms with E-state index in [-0.39, 0.29) is 18.1 Å². The number of nitrogens with one attached hydrogen (secondary N) is 1. The number of pyridine rings is 1. The third-order valence-corrected chi connectivity index (χ3v) is 4.28. The molecule has 0 saturated carbocycles. The van der Waals surface area contributed by atoms with Crippen molar-refractivity contribution in [3.63, 3.8) is 0 Å². The van der Waals surface area contributed by atoms with Gasteiger partial charge in [0.05, 0.1) is 18.7 Å². The Morgan fingerprint density at radius 3 is 2.86 bits per heavy atom. The predicted molar refractivity (Wildman–Crippen MR) is 95.7 cm³/mol. The second-order valence-corrected chi connectivity index (χ2v) is 6.31. The van der Waals surface area contributed by atoms with Crippen LogP contribution in [0.4, 0.5) is 18.9 Å². The minimum absolute atomic E-state index is 0.108. The molecule has 0 radical (unpaired) electrons. The Kier molecular flexibility index (Phi) is 4.80. The lowest BCUT2D eigenvalue weighted by Gasteiger charge is -2.10. The third-order valence-electron chi connectivity index (χ3n) is 4.28. The number of rotatable bonds is 4. The molecule has 3 aromatic rings. The lowest BCUT2D eigenvalue weighted by molar-refractivity contribution is -0.128. The highest BCUT2D eigenvalue weighted by molar-refractivity contribution is 6.61. The summed E-state index contributed by atoms with van der Waals surface area (Å²) in [5, 5.41) is 19.6. The van der Waals surface area contributed by atoms with E-state index >= 15 is 0 Å². The van der Waals surface area contributed by atoms with Crippen molar-refractivity contribution in [3.05, 3.63) is 59.5 Å². The zero-order valence-corrected chi connectivity index (χ0v) is 14.7. The van der Waals surface area contributed by atoms with Gasteiger partial charge in [0.25, 0.3) is 5.91 Å². The fourth-order valence-electron chi connectivity index (χ4n) is 2.97. The maximum Gasteiger partial charge on any atom is 0.491 e. The van der Waals surface area contributed by atoms with Gasteiger partial charge in [0.1, 0.15) is 0 Å². The Hall–Kier alpha value is -3.25. The summed E-state index contributed by atoms with van der Waals surface area (Å²) in [6, 6.07) is 9.35. The van der Waals surface area contributed by atoms with Gasteiger partial charge < -0.3 is 15.0 Å². The van der Waals surface area contributed by atoms with Crippen LogP contribution in [0.2, 0.25) is 0 Å². The van der Waals surface area contributed by atoms with Gasteiger partial charge in [0, 0.05) is 11.9 Å². The number of halogens is 3. The van der Waals surface area contributed by atoms with Gasteiger partial charge in [-0.2, -0.15) is 17.9 Å². The molecule has 2 N–H and O–H groups in total. The van der Waals surface area contributed by atoms with Gasteiger partial charge in [0.2, 0.25) is 0 Å². The zero-order valence-electron chi connectivity index (χ0n) is 14.7. The normalized spacial score (nSPS) is 13.4. The summed E-state index contributed by atoms with van der Waals surface area (Å²) in [4.78, 5) is 16.6.